The van der Waals surface area contributed by atoms with Gasteiger partial charge in [-0.25, -0.2) is 0 Å². The summed E-state index contributed by atoms with van der Waals surface area (Å²) in [5, 5.41) is 16.9. The van der Waals surface area contributed by atoms with E-state index in [4.69, 9.17) is 22.9 Å². The van der Waals surface area contributed by atoms with Gasteiger partial charge in [-0.15, -0.1) is 0 Å². The van der Waals surface area contributed by atoms with Crippen LogP contribution in [-0.4, -0.2) is 102 Å². The van der Waals surface area contributed by atoms with Crippen LogP contribution in [0.3, 0.4) is 0 Å². The number of hydrogen-bond donors (Lipinski definition) is 11. The number of carbonyl (C=O) groups is 7. The average molecular weight is 847 g/mol. The van der Waals surface area contributed by atoms with Crippen molar-refractivity contribution in [3.05, 3.63) is 71.9 Å². The van der Waals surface area contributed by atoms with Crippen molar-refractivity contribution in [1.29, 1.82) is 0 Å². The molecule has 3 rings (SSSR count). The van der Waals surface area contributed by atoms with Gasteiger partial charge in [-0.3, -0.25) is 38.6 Å². The normalized spacial score (nSPS) is 13.9. The molecule has 2 aromatic carbocycles. The van der Waals surface area contributed by atoms with Gasteiger partial charge >= 0.3 is 0 Å². The van der Waals surface area contributed by atoms with Crippen LogP contribution in [0.1, 0.15) is 76.8 Å². The van der Waals surface area contributed by atoms with Crippen molar-refractivity contribution in [3.63, 3.8) is 0 Å². The number of H-pyrrole nitrogens is 1. The number of nitrogens with one attached hydrogen (secondary N) is 7. The molecule has 7 amide bonds. The quantitative estimate of drug-likeness (QED) is 0.0276. The Hall–Kier alpha value is -6.50. The van der Waals surface area contributed by atoms with Gasteiger partial charge in [0, 0.05) is 43.4 Å². The fourth-order valence-electron chi connectivity index (χ4n) is 6.58. The number of aromatic nitrogens is 1. The van der Waals surface area contributed by atoms with Crippen molar-refractivity contribution < 1.29 is 33.6 Å². The minimum atomic E-state index is -1.26. The zero-order valence-electron chi connectivity index (χ0n) is 35.1. The number of aliphatic imine (C=N–C) groups is 1. The maximum absolute atomic E-state index is 14.2. The molecule has 0 aliphatic heterocycles. The van der Waals surface area contributed by atoms with E-state index in [0.29, 0.717) is 24.8 Å². The summed E-state index contributed by atoms with van der Waals surface area (Å²) in [6.07, 6.45) is 4.34. The molecule has 6 atom stereocenters. The van der Waals surface area contributed by atoms with Crippen molar-refractivity contribution in [2.75, 3.05) is 13.1 Å². The lowest BCUT2D eigenvalue weighted by Crippen LogP contribution is -2.59. The molecule has 0 bridgehead atoms. The first-order valence-corrected chi connectivity index (χ1v) is 20.6. The van der Waals surface area contributed by atoms with Crippen molar-refractivity contribution in [2.45, 2.75) is 115 Å². The molecule has 332 valence electrons. The van der Waals surface area contributed by atoms with E-state index in [9.17, 15) is 33.6 Å². The molecule has 1 heterocycles. The summed E-state index contributed by atoms with van der Waals surface area (Å²) in [4.78, 5) is 100. The molecule has 1 aromatic heterocycles. The van der Waals surface area contributed by atoms with Gasteiger partial charge in [-0.2, -0.15) is 0 Å². The third-order valence-electron chi connectivity index (χ3n) is 9.88. The number of benzene rings is 2. The molecule has 15 N–H and O–H groups in total. The SMILES string of the molecule is CCCC[C@H](NC(C)=O)C(=O)N[C@@H](C)C(=O)N[C@@H](CCCN)C(=O)N[C@H](Cc1ccccc1)C(=O)N[C@@H](CCCN=C(N)N)C(=O)N[C@@H](Cc1c[nH]c2ccccc12)C(N)=O. The summed E-state index contributed by atoms with van der Waals surface area (Å²) in [5.41, 5.74) is 24.8. The van der Waals surface area contributed by atoms with Crippen LogP contribution in [0.25, 0.3) is 10.9 Å². The summed E-state index contributed by atoms with van der Waals surface area (Å²) in [7, 11) is 0. The molecule has 0 radical (unpaired) electrons. The summed E-state index contributed by atoms with van der Waals surface area (Å²) in [6, 6.07) is 9.57. The second-order valence-corrected chi connectivity index (χ2v) is 14.9. The van der Waals surface area contributed by atoms with Crippen molar-refractivity contribution >= 4 is 58.2 Å². The molecule has 0 saturated heterocycles. The minimum Gasteiger partial charge on any atom is -0.370 e. The van der Waals surface area contributed by atoms with E-state index in [-0.39, 0.29) is 51.2 Å². The monoisotopic (exact) mass is 846 g/mol. The summed E-state index contributed by atoms with van der Waals surface area (Å²) in [5.74, 6) is -4.71. The number of rotatable bonds is 26. The zero-order valence-corrected chi connectivity index (χ0v) is 35.1. The maximum atomic E-state index is 14.2. The van der Waals surface area contributed by atoms with E-state index in [1.807, 2.05) is 31.2 Å². The first-order valence-electron chi connectivity index (χ1n) is 20.6. The lowest BCUT2D eigenvalue weighted by molar-refractivity contribution is -0.135. The highest BCUT2D eigenvalue weighted by Gasteiger charge is 2.32. The minimum absolute atomic E-state index is 0.00244. The number of guanidine groups is 1. The van der Waals surface area contributed by atoms with Crippen molar-refractivity contribution in [2.24, 2.45) is 27.9 Å². The Bertz CT molecular complexity index is 1970. The molecule has 0 spiro atoms. The van der Waals surface area contributed by atoms with E-state index >= 15 is 0 Å². The Kier molecular flexibility index (Phi) is 20.2. The molecule has 0 aliphatic carbocycles. The highest BCUT2D eigenvalue weighted by atomic mass is 16.2. The number of para-hydroxylation sites is 1. The van der Waals surface area contributed by atoms with Gasteiger partial charge in [-0.1, -0.05) is 68.3 Å². The van der Waals surface area contributed by atoms with Gasteiger partial charge < -0.3 is 59.8 Å². The molecule has 3 aromatic rings. The Morgan fingerprint density at radius 3 is 1.80 bits per heavy atom. The smallest absolute Gasteiger partial charge is 0.243 e. The molecule has 19 heteroatoms. The van der Waals surface area contributed by atoms with Gasteiger partial charge in [0.1, 0.15) is 36.3 Å². The number of carbonyl (C=O) groups excluding carboxylic acids is 7. The van der Waals surface area contributed by atoms with Crippen LogP contribution in [-0.2, 0) is 46.4 Å². The van der Waals surface area contributed by atoms with E-state index in [2.05, 4.69) is 41.9 Å². The third kappa shape index (κ3) is 16.6. The van der Waals surface area contributed by atoms with Crippen molar-refractivity contribution in [1.82, 2.24) is 36.9 Å². The van der Waals surface area contributed by atoms with E-state index in [0.717, 1.165) is 22.9 Å². The number of nitrogens with zero attached hydrogens (tertiary/aromatic N) is 1. The molecule has 0 aliphatic rings. The second-order valence-electron chi connectivity index (χ2n) is 14.9. The maximum Gasteiger partial charge on any atom is 0.243 e. The number of hydrogen-bond acceptors (Lipinski definition) is 9. The third-order valence-corrected chi connectivity index (χ3v) is 9.88. The molecule has 61 heavy (non-hydrogen) atoms. The molecule has 0 saturated carbocycles. The Labute approximate surface area is 355 Å². The van der Waals surface area contributed by atoms with Gasteiger partial charge in [0.05, 0.1) is 0 Å². The summed E-state index contributed by atoms with van der Waals surface area (Å²) >= 11 is 0. The topological polar surface area (TPSA) is 324 Å². The lowest BCUT2D eigenvalue weighted by atomic mass is 10.0. The van der Waals surface area contributed by atoms with Crippen LogP contribution in [0.15, 0.2) is 65.8 Å². The van der Waals surface area contributed by atoms with E-state index in [1.165, 1.54) is 13.8 Å². The number of nitrogens with two attached hydrogens (primary N) is 4. The van der Waals surface area contributed by atoms with Gasteiger partial charge in [-0.05, 0) is 62.8 Å². The van der Waals surface area contributed by atoms with Gasteiger partial charge in [0.25, 0.3) is 0 Å². The Morgan fingerprint density at radius 1 is 0.639 bits per heavy atom. The predicted octanol–water partition coefficient (Wildman–Crippen LogP) is -0.630. The van der Waals surface area contributed by atoms with Crippen LogP contribution in [0.4, 0.5) is 0 Å². The van der Waals surface area contributed by atoms with E-state index < -0.39 is 77.6 Å². The van der Waals surface area contributed by atoms with Crippen molar-refractivity contribution in [3.8, 4) is 0 Å². The van der Waals surface area contributed by atoms with E-state index in [1.54, 1.807) is 36.5 Å². The first kappa shape index (κ1) is 48.9. The fraction of sp³-hybridized carbons (Fsp3) is 0.476. The highest BCUT2D eigenvalue weighted by molar-refractivity contribution is 5.97. The molecular formula is C42H62N12O7. The number of unbranched alkanes of at least 4 members (excludes halogenated alkanes) is 1. The number of amides is 7. The van der Waals surface area contributed by atoms with Crippen LogP contribution in [0.2, 0.25) is 0 Å². The summed E-state index contributed by atoms with van der Waals surface area (Å²) < 4.78 is 0. The van der Waals surface area contributed by atoms with Crippen LogP contribution in [0, 0.1) is 0 Å². The van der Waals surface area contributed by atoms with Gasteiger partial charge in [0.15, 0.2) is 5.96 Å². The molecular weight excluding hydrogens is 785 g/mol. The molecule has 0 unspecified atom stereocenters. The number of fused-ring (bicyclic) bond motifs is 1. The van der Waals surface area contributed by atoms with Crippen LogP contribution < -0.4 is 54.8 Å². The average Bonchev–Trinajstić information content (AvgIpc) is 3.63. The number of primary amides is 1. The number of aromatic amines is 1. The molecule has 0 fully saturated rings. The van der Waals surface area contributed by atoms with Crippen LogP contribution >= 0.6 is 0 Å². The van der Waals surface area contributed by atoms with Crippen LogP contribution in [0.5, 0.6) is 0 Å². The molecule has 19 nitrogen and oxygen atoms in total. The Balaban J connectivity index is 1.84. The standard InChI is InChI=1S/C42H62N12O7/c1-4-5-16-31(50-26(3)55)38(58)49-25(2)37(57)51-32(18-11-20-43)40(60)54-35(22-27-13-7-6-8-14-27)41(61)52-33(19-12-21-47-42(45)46)39(59)53-34(36(44)56)23-28-24-48-30-17-10-9-15-29(28)30/h6-10,13-15,17,24-25,31-35,48H,4-5,11-12,16,18-23,43H2,1-3H3,(H2,44,56)(H,49,58)(H,50,55)(H,51,57)(H,52,61)(H,53,59)(H,54,60)(H4,45,46,47)/t25-,31-,32-,33-,34-,35+/m0/s1. The predicted molar refractivity (Wildman–Crippen MR) is 232 cm³/mol. The van der Waals surface area contributed by atoms with Gasteiger partial charge in [0.2, 0.25) is 41.4 Å². The Morgan fingerprint density at radius 2 is 1.18 bits per heavy atom. The first-order chi connectivity index (χ1) is 29.1. The summed E-state index contributed by atoms with van der Waals surface area (Å²) in [6.45, 7) is 5.02. The fourth-order valence-corrected chi connectivity index (χ4v) is 6.58. The second kappa shape index (κ2) is 25.2. The zero-order chi connectivity index (χ0) is 44.9. The highest BCUT2D eigenvalue weighted by Crippen LogP contribution is 2.19. The lowest BCUT2D eigenvalue weighted by Gasteiger charge is -2.27. The largest absolute Gasteiger partial charge is 0.370 e.